The SMILES string of the molecule is NCc1cccc(Cc2ccccc2)c1. The van der Waals surface area contributed by atoms with Gasteiger partial charge < -0.3 is 5.73 Å². The quantitative estimate of drug-likeness (QED) is 0.804. The van der Waals surface area contributed by atoms with Crippen molar-refractivity contribution in [3.8, 4) is 0 Å². The Labute approximate surface area is 90.6 Å². The van der Waals surface area contributed by atoms with Crippen molar-refractivity contribution in [2.24, 2.45) is 5.73 Å². The molecule has 0 bridgehead atoms. The summed E-state index contributed by atoms with van der Waals surface area (Å²) < 4.78 is 0. The second-order valence-electron chi connectivity index (χ2n) is 3.69. The molecule has 0 fully saturated rings. The van der Waals surface area contributed by atoms with Crippen LogP contribution in [0.5, 0.6) is 0 Å². The summed E-state index contributed by atoms with van der Waals surface area (Å²) in [5.74, 6) is 0. The topological polar surface area (TPSA) is 26.0 Å². The highest BCUT2D eigenvalue weighted by atomic mass is 14.5. The normalized spacial score (nSPS) is 10.2. The smallest absolute Gasteiger partial charge is 0.0178 e. The van der Waals surface area contributed by atoms with E-state index in [2.05, 4.69) is 48.5 Å². The molecule has 0 heterocycles. The molecular weight excluding hydrogens is 182 g/mol. The minimum Gasteiger partial charge on any atom is -0.326 e. The molecule has 0 unspecified atom stereocenters. The first-order chi connectivity index (χ1) is 7.38. The highest BCUT2D eigenvalue weighted by Crippen LogP contribution is 2.10. The molecule has 0 aliphatic heterocycles. The summed E-state index contributed by atoms with van der Waals surface area (Å²) >= 11 is 0. The molecule has 76 valence electrons. The predicted octanol–water partition coefficient (Wildman–Crippen LogP) is 2.74. The van der Waals surface area contributed by atoms with Crippen LogP contribution in [-0.2, 0) is 13.0 Å². The van der Waals surface area contributed by atoms with Crippen LogP contribution in [0.15, 0.2) is 54.6 Å². The highest BCUT2D eigenvalue weighted by molar-refractivity contribution is 5.29. The summed E-state index contributed by atoms with van der Waals surface area (Å²) in [6.07, 6.45) is 0.981. The molecule has 0 atom stereocenters. The standard InChI is InChI=1S/C14H15N/c15-11-14-8-4-7-13(10-14)9-12-5-2-1-3-6-12/h1-8,10H,9,11,15H2. The molecule has 2 N–H and O–H groups in total. The monoisotopic (exact) mass is 197 g/mol. The lowest BCUT2D eigenvalue weighted by atomic mass is 10.0. The van der Waals surface area contributed by atoms with Crippen LogP contribution in [-0.4, -0.2) is 0 Å². The van der Waals surface area contributed by atoms with E-state index < -0.39 is 0 Å². The number of hydrogen-bond acceptors (Lipinski definition) is 1. The van der Waals surface area contributed by atoms with Crippen molar-refractivity contribution in [1.82, 2.24) is 0 Å². The second kappa shape index (κ2) is 4.76. The Hall–Kier alpha value is -1.60. The fourth-order valence-corrected chi connectivity index (χ4v) is 1.70. The van der Waals surface area contributed by atoms with Crippen LogP contribution in [0.3, 0.4) is 0 Å². The molecule has 0 aliphatic rings. The van der Waals surface area contributed by atoms with E-state index in [0.717, 1.165) is 6.42 Å². The number of nitrogens with two attached hydrogens (primary N) is 1. The second-order valence-corrected chi connectivity index (χ2v) is 3.69. The van der Waals surface area contributed by atoms with Crippen molar-refractivity contribution >= 4 is 0 Å². The maximum absolute atomic E-state index is 5.61. The maximum atomic E-state index is 5.61. The van der Waals surface area contributed by atoms with Crippen LogP contribution in [0.25, 0.3) is 0 Å². The van der Waals surface area contributed by atoms with Crippen molar-refractivity contribution < 1.29 is 0 Å². The zero-order valence-corrected chi connectivity index (χ0v) is 8.69. The molecule has 1 heteroatoms. The molecule has 0 saturated heterocycles. The van der Waals surface area contributed by atoms with Gasteiger partial charge in [-0.15, -0.1) is 0 Å². The minimum atomic E-state index is 0.614. The molecule has 2 aromatic rings. The first kappa shape index (κ1) is 9.94. The fourth-order valence-electron chi connectivity index (χ4n) is 1.70. The van der Waals surface area contributed by atoms with Crippen molar-refractivity contribution in [1.29, 1.82) is 0 Å². The Morgan fingerprint density at radius 1 is 0.733 bits per heavy atom. The van der Waals surface area contributed by atoms with Crippen LogP contribution >= 0.6 is 0 Å². The van der Waals surface area contributed by atoms with Crippen molar-refractivity contribution in [2.45, 2.75) is 13.0 Å². The van der Waals surface area contributed by atoms with E-state index in [1.54, 1.807) is 0 Å². The number of benzene rings is 2. The Kier molecular flexibility index (Phi) is 3.15. The lowest BCUT2D eigenvalue weighted by molar-refractivity contribution is 1.06. The van der Waals surface area contributed by atoms with Gasteiger partial charge in [0.15, 0.2) is 0 Å². The van der Waals surface area contributed by atoms with Gasteiger partial charge in [-0.25, -0.2) is 0 Å². The molecule has 1 nitrogen and oxygen atoms in total. The highest BCUT2D eigenvalue weighted by Gasteiger charge is 1.96. The van der Waals surface area contributed by atoms with Gasteiger partial charge in [0.05, 0.1) is 0 Å². The molecule has 0 aliphatic carbocycles. The lowest BCUT2D eigenvalue weighted by Gasteiger charge is -2.03. The minimum absolute atomic E-state index is 0.614. The summed E-state index contributed by atoms with van der Waals surface area (Å²) in [7, 11) is 0. The molecule has 2 aromatic carbocycles. The molecule has 0 radical (unpaired) electrons. The molecular formula is C14H15N. The molecule has 2 rings (SSSR count). The average Bonchev–Trinajstić information content (AvgIpc) is 2.31. The zero-order valence-electron chi connectivity index (χ0n) is 8.69. The Morgan fingerprint density at radius 3 is 2.13 bits per heavy atom. The van der Waals surface area contributed by atoms with Crippen molar-refractivity contribution in [2.75, 3.05) is 0 Å². The molecule has 0 spiro atoms. The van der Waals surface area contributed by atoms with Crippen LogP contribution < -0.4 is 5.73 Å². The van der Waals surface area contributed by atoms with Crippen LogP contribution in [0.2, 0.25) is 0 Å². The van der Waals surface area contributed by atoms with Gasteiger partial charge in [-0.1, -0.05) is 54.6 Å². The van der Waals surface area contributed by atoms with Crippen LogP contribution in [0.1, 0.15) is 16.7 Å². The van der Waals surface area contributed by atoms with Crippen molar-refractivity contribution in [3.63, 3.8) is 0 Å². The van der Waals surface area contributed by atoms with E-state index in [4.69, 9.17) is 5.73 Å². The van der Waals surface area contributed by atoms with E-state index >= 15 is 0 Å². The van der Waals surface area contributed by atoms with E-state index in [9.17, 15) is 0 Å². The maximum Gasteiger partial charge on any atom is 0.0178 e. The van der Waals surface area contributed by atoms with Crippen LogP contribution in [0.4, 0.5) is 0 Å². The largest absolute Gasteiger partial charge is 0.326 e. The van der Waals surface area contributed by atoms with Gasteiger partial charge in [0.1, 0.15) is 0 Å². The zero-order chi connectivity index (χ0) is 10.5. The number of hydrogen-bond donors (Lipinski definition) is 1. The summed E-state index contributed by atoms with van der Waals surface area (Å²) in [6, 6.07) is 18.9. The van der Waals surface area contributed by atoms with Gasteiger partial charge in [-0.3, -0.25) is 0 Å². The van der Waals surface area contributed by atoms with Crippen molar-refractivity contribution in [3.05, 3.63) is 71.3 Å². The third-order valence-corrected chi connectivity index (χ3v) is 2.48. The first-order valence-electron chi connectivity index (χ1n) is 5.20. The summed E-state index contributed by atoms with van der Waals surface area (Å²) in [4.78, 5) is 0. The van der Waals surface area contributed by atoms with Gasteiger partial charge in [0.25, 0.3) is 0 Å². The van der Waals surface area contributed by atoms with Gasteiger partial charge in [-0.05, 0) is 23.1 Å². The third-order valence-electron chi connectivity index (χ3n) is 2.48. The average molecular weight is 197 g/mol. The number of rotatable bonds is 3. The summed E-state index contributed by atoms with van der Waals surface area (Å²) in [6.45, 7) is 0.614. The Morgan fingerprint density at radius 2 is 1.40 bits per heavy atom. The molecule has 15 heavy (non-hydrogen) atoms. The van der Waals surface area contributed by atoms with Gasteiger partial charge in [-0.2, -0.15) is 0 Å². The van der Waals surface area contributed by atoms with E-state index in [1.807, 2.05) is 6.07 Å². The third kappa shape index (κ3) is 2.67. The van der Waals surface area contributed by atoms with Gasteiger partial charge >= 0.3 is 0 Å². The summed E-state index contributed by atoms with van der Waals surface area (Å²) in [5, 5.41) is 0. The van der Waals surface area contributed by atoms with Gasteiger partial charge in [0, 0.05) is 6.54 Å². The molecule has 0 saturated carbocycles. The Bertz CT molecular complexity index is 420. The summed E-state index contributed by atoms with van der Waals surface area (Å²) in [5.41, 5.74) is 9.47. The fraction of sp³-hybridized carbons (Fsp3) is 0.143. The van der Waals surface area contributed by atoms with E-state index in [0.29, 0.717) is 6.54 Å². The van der Waals surface area contributed by atoms with E-state index in [-0.39, 0.29) is 0 Å². The van der Waals surface area contributed by atoms with Crippen LogP contribution in [0, 0.1) is 0 Å². The van der Waals surface area contributed by atoms with Gasteiger partial charge in [0.2, 0.25) is 0 Å². The molecule has 0 aromatic heterocycles. The molecule has 0 amide bonds. The Balaban J connectivity index is 2.17. The lowest BCUT2D eigenvalue weighted by Crippen LogP contribution is -1.97. The first-order valence-corrected chi connectivity index (χ1v) is 5.20. The van der Waals surface area contributed by atoms with E-state index in [1.165, 1.54) is 16.7 Å². The predicted molar refractivity (Wildman–Crippen MR) is 63.6 cm³/mol.